The Morgan fingerprint density at radius 2 is 1.78 bits per heavy atom. The third kappa shape index (κ3) is 3.30. The number of anilines is 2. The predicted molar refractivity (Wildman–Crippen MR) is 92.9 cm³/mol. The van der Waals surface area contributed by atoms with Gasteiger partial charge in [0.05, 0.1) is 5.92 Å². The number of rotatable bonds is 3. The highest BCUT2D eigenvalue weighted by Gasteiger charge is 2.37. The molecular weight excluding hydrogens is 358 g/mol. The first-order valence-electron chi connectivity index (χ1n) is 8.48. The van der Waals surface area contributed by atoms with Crippen molar-refractivity contribution in [1.82, 2.24) is 0 Å². The lowest BCUT2D eigenvalue weighted by atomic mass is 10.1. The molecule has 2 amide bonds. The quantitative estimate of drug-likeness (QED) is 0.897. The van der Waals surface area contributed by atoms with E-state index in [1.54, 1.807) is 18.2 Å². The number of nitrogens with one attached hydrogen (secondary N) is 1. The number of carbonyl (C=O) groups excluding carboxylic acids is 2. The van der Waals surface area contributed by atoms with Crippen molar-refractivity contribution < 1.29 is 27.8 Å². The van der Waals surface area contributed by atoms with E-state index in [1.807, 2.05) is 0 Å². The number of benzene rings is 2. The number of amides is 2. The van der Waals surface area contributed by atoms with Crippen LogP contribution >= 0.6 is 0 Å². The highest BCUT2D eigenvalue weighted by molar-refractivity contribution is 6.03. The molecule has 0 spiro atoms. The van der Waals surface area contributed by atoms with Crippen LogP contribution in [-0.4, -0.2) is 31.6 Å². The molecule has 0 aliphatic carbocycles. The summed E-state index contributed by atoms with van der Waals surface area (Å²) >= 11 is 0. The molecule has 2 aromatic rings. The molecule has 1 N–H and O–H groups in total. The van der Waals surface area contributed by atoms with E-state index >= 15 is 0 Å². The second-order valence-electron chi connectivity index (χ2n) is 6.32. The van der Waals surface area contributed by atoms with Crippen molar-refractivity contribution in [3.8, 4) is 11.5 Å². The lowest BCUT2D eigenvalue weighted by Gasteiger charge is -2.20. The second-order valence-corrected chi connectivity index (χ2v) is 6.32. The molecule has 0 aromatic heterocycles. The molecule has 0 saturated carbocycles. The van der Waals surface area contributed by atoms with Gasteiger partial charge in [-0.25, -0.2) is 8.78 Å². The van der Waals surface area contributed by atoms with Gasteiger partial charge < -0.3 is 19.7 Å². The summed E-state index contributed by atoms with van der Waals surface area (Å²) in [7, 11) is 0. The highest BCUT2D eigenvalue weighted by atomic mass is 19.1. The van der Waals surface area contributed by atoms with Gasteiger partial charge in [-0.1, -0.05) is 6.07 Å². The van der Waals surface area contributed by atoms with Gasteiger partial charge in [0.2, 0.25) is 11.8 Å². The number of carbonyl (C=O) groups is 2. The number of ether oxygens (including phenoxy) is 2. The van der Waals surface area contributed by atoms with Crippen molar-refractivity contribution in [1.29, 1.82) is 0 Å². The highest BCUT2D eigenvalue weighted by Crippen LogP contribution is 2.34. The van der Waals surface area contributed by atoms with E-state index in [4.69, 9.17) is 9.47 Å². The van der Waals surface area contributed by atoms with E-state index in [0.717, 1.165) is 17.0 Å². The van der Waals surface area contributed by atoms with Crippen LogP contribution in [0.2, 0.25) is 0 Å². The number of hydrogen-bond acceptors (Lipinski definition) is 4. The number of halogens is 2. The zero-order valence-electron chi connectivity index (χ0n) is 14.2. The maximum atomic E-state index is 14.0. The van der Waals surface area contributed by atoms with Crippen molar-refractivity contribution in [2.75, 3.05) is 30.0 Å². The van der Waals surface area contributed by atoms with Crippen molar-refractivity contribution >= 4 is 23.2 Å². The van der Waals surface area contributed by atoms with Gasteiger partial charge in [-0.2, -0.15) is 0 Å². The molecule has 140 valence electrons. The maximum absolute atomic E-state index is 14.0. The SMILES string of the molecule is O=C(Nc1ccc2c(c1)OCCO2)C1CC(=O)N(c2c(F)cccc2F)C1. The zero-order chi connectivity index (χ0) is 19.0. The van der Waals surface area contributed by atoms with Gasteiger partial charge in [0, 0.05) is 24.7 Å². The average molecular weight is 374 g/mol. The van der Waals surface area contributed by atoms with Crippen LogP contribution in [0.3, 0.4) is 0 Å². The van der Waals surface area contributed by atoms with Gasteiger partial charge >= 0.3 is 0 Å². The Labute approximate surface area is 153 Å². The lowest BCUT2D eigenvalue weighted by molar-refractivity contribution is -0.122. The van der Waals surface area contributed by atoms with E-state index < -0.39 is 35.1 Å². The second kappa shape index (κ2) is 6.86. The van der Waals surface area contributed by atoms with Crippen LogP contribution in [0, 0.1) is 17.6 Å². The van der Waals surface area contributed by atoms with Crippen LogP contribution in [0.1, 0.15) is 6.42 Å². The molecule has 4 rings (SSSR count). The Bertz CT molecular complexity index is 898. The first-order chi connectivity index (χ1) is 13.0. The fraction of sp³-hybridized carbons (Fsp3) is 0.263. The third-order valence-electron chi connectivity index (χ3n) is 4.51. The van der Waals surface area contributed by atoms with Crippen molar-refractivity contribution in [2.45, 2.75) is 6.42 Å². The van der Waals surface area contributed by atoms with Crippen LogP contribution in [0.15, 0.2) is 36.4 Å². The third-order valence-corrected chi connectivity index (χ3v) is 4.51. The standard InChI is InChI=1S/C19H16F2N2O4/c20-13-2-1-3-14(21)18(13)23-10-11(8-17(23)24)19(25)22-12-4-5-15-16(9-12)27-7-6-26-15/h1-5,9,11H,6-8,10H2,(H,22,25). The molecular formula is C19H16F2N2O4. The van der Waals surface area contributed by atoms with Crippen LogP contribution in [-0.2, 0) is 9.59 Å². The number of fused-ring (bicyclic) bond motifs is 1. The summed E-state index contributed by atoms with van der Waals surface area (Å²) in [6.07, 6.45) is -0.121. The molecule has 2 aromatic carbocycles. The summed E-state index contributed by atoms with van der Waals surface area (Å²) in [5, 5.41) is 2.71. The summed E-state index contributed by atoms with van der Waals surface area (Å²) in [5.41, 5.74) is 0.0735. The molecule has 2 aliphatic rings. The summed E-state index contributed by atoms with van der Waals surface area (Å²) < 4.78 is 38.8. The molecule has 27 heavy (non-hydrogen) atoms. The molecule has 0 radical (unpaired) electrons. The van der Waals surface area contributed by atoms with E-state index in [1.165, 1.54) is 6.07 Å². The number of hydrogen-bond donors (Lipinski definition) is 1. The fourth-order valence-electron chi connectivity index (χ4n) is 3.21. The van der Waals surface area contributed by atoms with Crippen molar-refractivity contribution in [3.05, 3.63) is 48.0 Å². The first kappa shape index (κ1) is 17.3. The Balaban J connectivity index is 1.48. The zero-order valence-corrected chi connectivity index (χ0v) is 14.2. The Hall–Kier alpha value is -3.16. The van der Waals surface area contributed by atoms with Gasteiger partial charge in [0.25, 0.3) is 0 Å². The molecule has 0 bridgehead atoms. The van der Waals surface area contributed by atoms with Gasteiger partial charge in [0.15, 0.2) is 11.5 Å². The smallest absolute Gasteiger partial charge is 0.229 e. The molecule has 2 heterocycles. The summed E-state index contributed by atoms with van der Waals surface area (Å²) in [5.74, 6) is -2.18. The minimum Gasteiger partial charge on any atom is -0.486 e. The summed E-state index contributed by atoms with van der Waals surface area (Å²) in [4.78, 5) is 25.7. The summed E-state index contributed by atoms with van der Waals surface area (Å²) in [6, 6.07) is 8.36. The lowest BCUT2D eigenvalue weighted by Crippen LogP contribution is -2.29. The van der Waals surface area contributed by atoms with Gasteiger partial charge in [-0.05, 0) is 24.3 Å². The van der Waals surface area contributed by atoms with E-state index in [0.29, 0.717) is 30.4 Å². The molecule has 1 saturated heterocycles. The fourth-order valence-corrected chi connectivity index (χ4v) is 3.21. The minimum absolute atomic E-state index is 0.0902. The van der Waals surface area contributed by atoms with Crippen LogP contribution in [0.5, 0.6) is 11.5 Å². The van der Waals surface area contributed by atoms with Crippen molar-refractivity contribution in [3.63, 3.8) is 0 Å². The van der Waals surface area contributed by atoms with Gasteiger partial charge in [0.1, 0.15) is 30.5 Å². The monoisotopic (exact) mass is 374 g/mol. The van der Waals surface area contributed by atoms with Crippen LogP contribution in [0.4, 0.5) is 20.2 Å². The molecule has 1 atom stereocenters. The van der Waals surface area contributed by atoms with Crippen molar-refractivity contribution in [2.24, 2.45) is 5.92 Å². The largest absolute Gasteiger partial charge is 0.486 e. The topological polar surface area (TPSA) is 67.9 Å². The minimum atomic E-state index is -0.837. The first-order valence-corrected chi connectivity index (χ1v) is 8.48. The van der Waals surface area contributed by atoms with Crippen LogP contribution in [0.25, 0.3) is 0 Å². The number of nitrogens with zero attached hydrogens (tertiary/aromatic N) is 1. The molecule has 2 aliphatic heterocycles. The Morgan fingerprint density at radius 1 is 1.07 bits per heavy atom. The van der Waals surface area contributed by atoms with Gasteiger partial charge in [-0.3, -0.25) is 9.59 Å². The van der Waals surface area contributed by atoms with E-state index in [2.05, 4.69) is 5.32 Å². The maximum Gasteiger partial charge on any atom is 0.229 e. The molecule has 8 heteroatoms. The summed E-state index contributed by atoms with van der Waals surface area (Å²) in [6.45, 7) is 0.795. The Kier molecular flexibility index (Phi) is 4.39. The van der Waals surface area contributed by atoms with E-state index in [-0.39, 0.29) is 13.0 Å². The van der Waals surface area contributed by atoms with E-state index in [9.17, 15) is 18.4 Å². The average Bonchev–Trinajstić information content (AvgIpc) is 3.03. The number of para-hydroxylation sites is 1. The predicted octanol–water partition coefficient (Wildman–Crippen LogP) is 2.73. The molecule has 1 fully saturated rings. The van der Waals surface area contributed by atoms with Crippen LogP contribution < -0.4 is 19.7 Å². The normalized spacial score (nSPS) is 18.5. The molecule has 1 unspecified atom stereocenters. The Morgan fingerprint density at radius 3 is 2.52 bits per heavy atom. The van der Waals surface area contributed by atoms with Gasteiger partial charge in [-0.15, -0.1) is 0 Å². The molecule has 6 nitrogen and oxygen atoms in total.